The lowest BCUT2D eigenvalue weighted by Gasteiger charge is -2.10. The summed E-state index contributed by atoms with van der Waals surface area (Å²) in [6, 6.07) is 8.61. The van der Waals surface area contributed by atoms with Crippen LogP contribution in [-0.2, 0) is 19.4 Å². The molecule has 0 amide bonds. The molecule has 1 aromatic heterocycles. The summed E-state index contributed by atoms with van der Waals surface area (Å²) in [5, 5.41) is 8.02. The Labute approximate surface area is 162 Å². The van der Waals surface area contributed by atoms with Crippen molar-refractivity contribution >= 4 is 5.91 Å². The highest BCUT2D eigenvalue weighted by Crippen LogP contribution is 2.70. The van der Waals surface area contributed by atoms with Crippen molar-refractivity contribution < 1.29 is 4.79 Å². The van der Waals surface area contributed by atoms with Gasteiger partial charge >= 0.3 is 0 Å². The second-order valence-corrected chi connectivity index (χ2v) is 8.85. The minimum atomic E-state index is 0.132. The second-order valence-electron chi connectivity index (χ2n) is 8.85. The first kappa shape index (κ1) is 18.4. The topological polar surface area (TPSA) is 46.9 Å². The average Bonchev–Trinajstić information content (AvgIpc) is 2.97. The number of hydrogen-bond acceptors (Lipinski definition) is 3. The maximum Gasteiger partial charge on any atom is 0.247 e. The van der Waals surface area contributed by atoms with Gasteiger partial charge in [0, 0.05) is 18.5 Å². The first-order chi connectivity index (χ1) is 12.9. The number of nitrogens with one attached hydrogen (secondary N) is 1. The third kappa shape index (κ3) is 3.25. The number of carbonyl (C=O) groups excluding carboxylic acids is 1. The molecule has 1 heterocycles. The van der Waals surface area contributed by atoms with Gasteiger partial charge in [-0.15, -0.1) is 0 Å². The highest BCUT2D eigenvalue weighted by Gasteiger charge is 2.64. The fourth-order valence-corrected chi connectivity index (χ4v) is 4.89. The maximum absolute atomic E-state index is 12.8. The van der Waals surface area contributed by atoms with Gasteiger partial charge in [-0.25, -0.2) is 4.68 Å². The number of aryl methyl sites for hydroxylation is 2. The molecule has 27 heavy (non-hydrogen) atoms. The molecular weight excluding hydrogens is 334 g/mol. The van der Waals surface area contributed by atoms with Crippen molar-refractivity contribution in [3.63, 3.8) is 0 Å². The zero-order valence-corrected chi connectivity index (χ0v) is 17.0. The van der Waals surface area contributed by atoms with Crippen molar-refractivity contribution in [2.45, 2.75) is 65.8 Å². The number of fused-ring (bicyclic) bond motifs is 3. The molecule has 4 nitrogen and oxygen atoms in total. The van der Waals surface area contributed by atoms with Crippen molar-refractivity contribution in [3.8, 4) is 0 Å². The molecule has 1 N–H and O–H groups in total. The van der Waals surface area contributed by atoms with Gasteiger partial charge in [0.25, 0.3) is 0 Å². The van der Waals surface area contributed by atoms with E-state index in [1.165, 1.54) is 22.4 Å². The summed E-state index contributed by atoms with van der Waals surface area (Å²) in [6.45, 7) is 10.9. The normalized spacial score (nSPS) is 21.8. The number of hydrogen-bond donors (Lipinski definition) is 1. The Kier molecular flexibility index (Phi) is 4.71. The molecule has 0 radical (unpaired) electrons. The van der Waals surface area contributed by atoms with Crippen molar-refractivity contribution in [2.24, 2.45) is 11.3 Å². The summed E-state index contributed by atoms with van der Waals surface area (Å²) >= 11 is 0. The van der Waals surface area contributed by atoms with Gasteiger partial charge in [0.2, 0.25) is 5.91 Å². The van der Waals surface area contributed by atoms with E-state index in [9.17, 15) is 4.79 Å². The van der Waals surface area contributed by atoms with Crippen molar-refractivity contribution in [3.05, 3.63) is 52.3 Å². The van der Waals surface area contributed by atoms with Crippen molar-refractivity contribution in [1.29, 1.82) is 0 Å². The largest absolute Gasteiger partial charge is 0.313 e. The van der Waals surface area contributed by atoms with Crippen LogP contribution in [-0.4, -0.2) is 22.2 Å². The molecule has 0 aliphatic heterocycles. The number of aromatic nitrogens is 2. The molecule has 2 aliphatic carbocycles. The van der Waals surface area contributed by atoms with Gasteiger partial charge in [-0.05, 0) is 61.1 Å². The average molecular weight is 366 g/mol. The number of rotatable bonds is 7. The van der Waals surface area contributed by atoms with Crippen LogP contribution in [0.2, 0.25) is 0 Å². The van der Waals surface area contributed by atoms with Crippen LogP contribution in [0.4, 0.5) is 0 Å². The fraction of sp³-hybridized carbons (Fsp3) is 0.565. The molecule has 1 saturated carbocycles. The minimum Gasteiger partial charge on any atom is -0.313 e. The van der Waals surface area contributed by atoms with Crippen LogP contribution in [0, 0.1) is 18.3 Å². The number of carbonyl (C=O) groups is 1. The molecule has 2 aliphatic rings. The Morgan fingerprint density at radius 1 is 1.26 bits per heavy atom. The van der Waals surface area contributed by atoms with Crippen LogP contribution in [0.15, 0.2) is 24.3 Å². The fourth-order valence-electron chi connectivity index (χ4n) is 4.89. The highest BCUT2D eigenvalue weighted by molar-refractivity contribution is 5.80. The van der Waals surface area contributed by atoms with Crippen LogP contribution in [0.3, 0.4) is 0 Å². The van der Waals surface area contributed by atoms with E-state index in [2.05, 4.69) is 62.4 Å². The quantitative estimate of drug-likeness (QED) is 0.746. The Hall–Kier alpha value is -1.94. The summed E-state index contributed by atoms with van der Waals surface area (Å²) in [6.07, 6.45) is 3.45. The lowest BCUT2D eigenvalue weighted by molar-refractivity contribution is 0.0882. The van der Waals surface area contributed by atoms with Crippen LogP contribution in [0.25, 0.3) is 0 Å². The van der Waals surface area contributed by atoms with Crippen LogP contribution in [0.5, 0.6) is 0 Å². The standard InChI is InChI=1S/C23H31N3O/c1-5-12-24-14-17-8-6-16(7-9-17)10-11-20(27)26-19-13-18-22(23(18,3)4)21(19)15(2)25-26/h6-9,18,22,24H,5,10-14H2,1-4H3. The Bertz CT molecular complexity index is 847. The smallest absolute Gasteiger partial charge is 0.247 e. The lowest BCUT2D eigenvalue weighted by atomic mass is 9.98. The van der Waals surface area contributed by atoms with E-state index in [-0.39, 0.29) is 5.91 Å². The monoisotopic (exact) mass is 365 g/mol. The summed E-state index contributed by atoms with van der Waals surface area (Å²) in [5.74, 6) is 1.45. The molecule has 2 aromatic rings. The van der Waals surface area contributed by atoms with Gasteiger partial charge in [0.05, 0.1) is 11.4 Å². The molecule has 4 heteroatoms. The molecule has 4 rings (SSSR count). The van der Waals surface area contributed by atoms with Gasteiger partial charge in [-0.1, -0.05) is 45.0 Å². The minimum absolute atomic E-state index is 0.132. The van der Waals surface area contributed by atoms with E-state index in [0.717, 1.165) is 38.0 Å². The first-order valence-electron chi connectivity index (χ1n) is 10.3. The lowest BCUT2D eigenvalue weighted by Crippen LogP contribution is -2.17. The summed E-state index contributed by atoms with van der Waals surface area (Å²) in [5.41, 5.74) is 6.50. The molecule has 0 spiro atoms. The SMILES string of the molecule is CCCNCc1ccc(CCC(=O)n2nc(C)c3c2CC2C3C2(C)C)cc1. The predicted molar refractivity (Wildman–Crippen MR) is 108 cm³/mol. The molecule has 2 atom stereocenters. The number of benzene rings is 1. The maximum atomic E-state index is 12.8. The molecule has 2 unspecified atom stereocenters. The van der Waals surface area contributed by atoms with E-state index < -0.39 is 0 Å². The molecule has 1 fully saturated rings. The van der Waals surface area contributed by atoms with E-state index in [0.29, 0.717) is 23.7 Å². The first-order valence-corrected chi connectivity index (χ1v) is 10.3. The third-order valence-electron chi connectivity index (χ3n) is 6.62. The van der Waals surface area contributed by atoms with Gasteiger partial charge in [0.1, 0.15) is 0 Å². The van der Waals surface area contributed by atoms with Gasteiger partial charge in [-0.3, -0.25) is 4.79 Å². The summed E-state index contributed by atoms with van der Waals surface area (Å²) in [4.78, 5) is 12.8. The molecule has 144 valence electrons. The van der Waals surface area contributed by atoms with Crippen LogP contribution in [0.1, 0.15) is 72.4 Å². The third-order valence-corrected chi connectivity index (χ3v) is 6.62. The van der Waals surface area contributed by atoms with Gasteiger partial charge in [-0.2, -0.15) is 5.10 Å². The molecule has 0 saturated heterocycles. The molecular formula is C23H31N3O. The van der Waals surface area contributed by atoms with Gasteiger partial charge < -0.3 is 5.32 Å². The van der Waals surface area contributed by atoms with Crippen LogP contribution >= 0.6 is 0 Å². The number of nitrogens with zero attached hydrogens (tertiary/aromatic N) is 2. The molecule has 1 aromatic carbocycles. The Morgan fingerprint density at radius 2 is 1.96 bits per heavy atom. The van der Waals surface area contributed by atoms with Crippen LogP contribution < -0.4 is 5.32 Å². The Morgan fingerprint density at radius 3 is 2.67 bits per heavy atom. The Balaban J connectivity index is 1.37. The zero-order chi connectivity index (χ0) is 19.2. The van der Waals surface area contributed by atoms with Crippen molar-refractivity contribution in [1.82, 2.24) is 15.1 Å². The second kappa shape index (κ2) is 6.90. The van der Waals surface area contributed by atoms with E-state index in [1.807, 2.05) is 0 Å². The van der Waals surface area contributed by atoms with E-state index in [4.69, 9.17) is 0 Å². The zero-order valence-electron chi connectivity index (χ0n) is 17.0. The van der Waals surface area contributed by atoms with E-state index in [1.54, 1.807) is 4.68 Å². The van der Waals surface area contributed by atoms with Crippen molar-refractivity contribution in [2.75, 3.05) is 6.54 Å². The van der Waals surface area contributed by atoms with E-state index >= 15 is 0 Å². The highest BCUT2D eigenvalue weighted by atomic mass is 16.2. The predicted octanol–water partition coefficient (Wildman–Crippen LogP) is 4.26. The molecule has 0 bridgehead atoms. The van der Waals surface area contributed by atoms with Gasteiger partial charge in [0.15, 0.2) is 0 Å². The summed E-state index contributed by atoms with van der Waals surface area (Å²) in [7, 11) is 0. The summed E-state index contributed by atoms with van der Waals surface area (Å²) < 4.78 is 1.72.